The third-order valence-corrected chi connectivity index (χ3v) is 1.63. The van der Waals surface area contributed by atoms with Crippen LogP contribution in [0.4, 0.5) is 5.69 Å². The zero-order valence-corrected chi connectivity index (χ0v) is 7.65. The average molecular weight is 188 g/mol. The maximum Gasteiger partial charge on any atom is 0.464 e. The number of aryl methyl sites for hydroxylation is 1. The number of halogens is 2. The fourth-order valence-corrected chi connectivity index (χ4v) is 1.09. The summed E-state index contributed by atoms with van der Waals surface area (Å²) in [6, 6.07) is 7.84. The van der Waals surface area contributed by atoms with Gasteiger partial charge in [-0.15, -0.1) is 22.9 Å². The van der Waals surface area contributed by atoms with Gasteiger partial charge in [-0.05, 0) is 18.6 Å². The lowest BCUT2D eigenvalue weighted by Crippen LogP contribution is -2.10. The Morgan fingerprint density at radius 3 is 2.45 bits per heavy atom. The summed E-state index contributed by atoms with van der Waals surface area (Å²) in [6.45, 7) is 2.00. The summed E-state index contributed by atoms with van der Waals surface area (Å²) < 4.78 is 0. The van der Waals surface area contributed by atoms with Crippen LogP contribution >= 0.6 is 22.9 Å². The molecule has 58 valence electrons. The highest BCUT2D eigenvalue weighted by molar-refractivity contribution is 7.35. The van der Waals surface area contributed by atoms with Gasteiger partial charge in [-0.25, -0.2) is 0 Å². The number of nitrogens with one attached hydrogen (secondary N) is 1. The zero-order valence-electron chi connectivity index (χ0n) is 6.14. The van der Waals surface area contributed by atoms with Gasteiger partial charge in [-0.1, -0.05) is 18.2 Å². The molecule has 0 saturated heterocycles. The molecule has 0 spiro atoms. The maximum absolute atomic E-state index is 5.54. The molecule has 11 heavy (non-hydrogen) atoms. The van der Waals surface area contributed by atoms with E-state index in [4.69, 9.17) is 22.9 Å². The van der Waals surface area contributed by atoms with Gasteiger partial charge in [0.1, 0.15) is 0 Å². The molecule has 0 fully saturated rings. The smallest absolute Gasteiger partial charge is 0.401 e. The summed E-state index contributed by atoms with van der Waals surface area (Å²) in [5.41, 5.74) is 1.57. The van der Waals surface area contributed by atoms with Crippen LogP contribution in [0.2, 0.25) is 0 Å². The Labute approximate surface area is 76.6 Å². The lowest BCUT2D eigenvalue weighted by Gasteiger charge is -2.06. The molecule has 1 nitrogen and oxygen atoms in total. The average Bonchev–Trinajstić information content (AvgIpc) is 1.93. The first-order valence-electron chi connectivity index (χ1n) is 3.30. The highest BCUT2D eigenvalue weighted by Gasteiger charge is 2.05. The van der Waals surface area contributed by atoms with E-state index < -0.39 is 5.68 Å². The van der Waals surface area contributed by atoms with Crippen LogP contribution in [-0.2, 0) is 0 Å². The van der Waals surface area contributed by atoms with E-state index in [2.05, 4.69) is 5.23 Å². The highest BCUT2D eigenvalue weighted by Crippen LogP contribution is 2.14. The number of hydrogen-bond donors (Lipinski definition) is 1. The van der Waals surface area contributed by atoms with E-state index in [9.17, 15) is 0 Å². The second kappa shape index (κ2) is 3.89. The van der Waals surface area contributed by atoms with Gasteiger partial charge < -0.3 is 5.23 Å². The predicted octanol–water partition coefficient (Wildman–Crippen LogP) is 2.87. The first kappa shape index (κ1) is 8.76. The Kier molecular flexibility index (Phi) is 3.09. The van der Waals surface area contributed by atoms with Crippen molar-refractivity contribution < 1.29 is 0 Å². The molecule has 0 bridgehead atoms. The van der Waals surface area contributed by atoms with Gasteiger partial charge in [0.25, 0.3) is 0 Å². The molecule has 0 atom stereocenters. The van der Waals surface area contributed by atoms with Crippen molar-refractivity contribution in [1.29, 1.82) is 0 Å². The molecule has 1 rings (SSSR count). The van der Waals surface area contributed by atoms with Crippen molar-refractivity contribution in [2.75, 3.05) is 5.23 Å². The van der Waals surface area contributed by atoms with E-state index in [-0.39, 0.29) is 0 Å². The van der Waals surface area contributed by atoms with Gasteiger partial charge in [0.2, 0.25) is 0 Å². The Morgan fingerprint density at radius 1 is 1.27 bits per heavy atom. The Balaban J connectivity index is 2.78. The second-order valence-corrected chi connectivity index (χ2v) is 3.36. The van der Waals surface area contributed by atoms with E-state index >= 15 is 0 Å². The zero-order chi connectivity index (χ0) is 8.27. The van der Waals surface area contributed by atoms with Crippen molar-refractivity contribution in [2.24, 2.45) is 0 Å². The van der Waals surface area contributed by atoms with E-state index in [0.29, 0.717) is 0 Å². The molecule has 1 N–H and O–H groups in total. The Bertz CT molecular complexity index is 240. The van der Waals surface area contributed by atoms with Gasteiger partial charge in [-0.2, -0.15) is 0 Å². The van der Waals surface area contributed by atoms with Crippen molar-refractivity contribution >= 4 is 34.3 Å². The standard InChI is InChI=1S/C7H8BCl2N/c1-6-4-2-3-5-7(6)11-8(9)10/h2-5,11H,1H3. The minimum Gasteiger partial charge on any atom is -0.401 e. The van der Waals surface area contributed by atoms with Crippen LogP contribution < -0.4 is 5.23 Å². The van der Waals surface area contributed by atoms with Gasteiger partial charge in [0, 0.05) is 5.69 Å². The fraction of sp³-hybridized carbons (Fsp3) is 0.143. The molecule has 0 amide bonds. The summed E-state index contributed by atoms with van der Waals surface area (Å²) in [5.74, 6) is 0. The predicted molar refractivity (Wildman–Crippen MR) is 52.3 cm³/mol. The summed E-state index contributed by atoms with van der Waals surface area (Å²) in [7, 11) is 0. The normalized spacial score (nSPS) is 9.36. The monoisotopic (exact) mass is 187 g/mol. The van der Waals surface area contributed by atoms with Crippen LogP contribution in [-0.4, -0.2) is 5.68 Å². The number of rotatable bonds is 2. The first-order chi connectivity index (χ1) is 5.20. The quantitative estimate of drug-likeness (QED) is 0.703. The molecule has 0 aromatic heterocycles. The number of hydrogen-bond acceptors (Lipinski definition) is 1. The Morgan fingerprint density at radius 2 is 1.91 bits per heavy atom. The summed E-state index contributed by atoms with van der Waals surface area (Å²) >= 11 is 11.1. The van der Waals surface area contributed by atoms with Crippen molar-refractivity contribution in [3.8, 4) is 0 Å². The second-order valence-electron chi connectivity index (χ2n) is 2.26. The van der Waals surface area contributed by atoms with E-state index in [1.807, 2.05) is 31.2 Å². The van der Waals surface area contributed by atoms with Crippen LogP contribution in [0.15, 0.2) is 24.3 Å². The maximum atomic E-state index is 5.54. The topological polar surface area (TPSA) is 12.0 Å². The molecule has 0 aliphatic rings. The largest absolute Gasteiger partial charge is 0.464 e. The number of anilines is 1. The number of para-hydroxylation sites is 1. The van der Waals surface area contributed by atoms with E-state index in [1.54, 1.807) is 0 Å². The van der Waals surface area contributed by atoms with Crippen molar-refractivity contribution in [2.45, 2.75) is 6.92 Å². The molecule has 1 aromatic rings. The first-order valence-corrected chi connectivity index (χ1v) is 4.18. The molecule has 0 radical (unpaired) electrons. The van der Waals surface area contributed by atoms with Crippen LogP contribution in [0, 0.1) is 6.92 Å². The van der Waals surface area contributed by atoms with Crippen molar-refractivity contribution in [3.05, 3.63) is 29.8 Å². The van der Waals surface area contributed by atoms with Gasteiger partial charge >= 0.3 is 5.68 Å². The van der Waals surface area contributed by atoms with Crippen LogP contribution in [0.5, 0.6) is 0 Å². The molecule has 0 aliphatic heterocycles. The Hall–Kier alpha value is -0.335. The van der Waals surface area contributed by atoms with Crippen LogP contribution in [0.3, 0.4) is 0 Å². The lowest BCUT2D eigenvalue weighted by atomic mass is 10.1. The summed E-state index contributed by atoms with van der Waals surface area (Å²) in [6.07, 6.45) is 0. The third kappa shape index (κ3) is 2.64. The molecule has 0 unspecified atom stereocenters. The molecular weight excluding hydrogens is 180 g/mol. The fourth-order valence-electron chi connectivity index (χ4n) is 0.852. The molecule has 0 heterocycles. The third-order valence-electron chi connectivity index (χ3n) is 1.41. The SMILES string of the molecule is Cc1ccccc1NB(Cl)Cl. The molecule has 0 aliphatic carbocycles. The van der Waals surface area contributed by atoms with Crippen LogP contribution in [0.1, 0.15) is 5.56 Å². The van der Waals surface area contributed by atoms with Gasteiger partial charge in [0.15, 0.2) is 0 Å². The molecule has 0 saturated carbocycles. The summed E-state index contributed by atoms with van der Waals surface area (Å²) in [4.78, 5) is 0. The van der Waals surface area contributed by atoms with E-state index in [0.717, 1.165) is 11.3 Å². The van der Waals surface area contributed by atoms with Gasteiger partial charge in [-0.3, -0.25) is 0 Å². The highest BCUT2D eigenvalue weighted by atomic mass is 35.5. The molecule has 1 aromatic carbocycles. The van der Waals surface area contributed by atoms with Gasteiger partial charge in [0.05, 0.1) is 0 Å². The minimum atomic E-state index is -0.545. The lowest BCUT2D eigenvalue weighted by molar-refractivity contribution is 1.47. The summed E-state index contributed by atoms with van der Waals surface area (Å²) in [5, 5.41) is 2.90. The van der Waals surface area contributed by atoms with Crippen LogP contribution in [0.25, 0.3) is 0 Å². The minimum absolute atomic E-state index is 0.545. The molecule has 4 heteroatoms. The van der Waals surface area contributed by atoms with E-state index in [1.165, 1.54) is 0 Å². The van der Waals surface area contributed by atoms with Crippen molar-refractivity contribution in [1.82, 2.24) is 0 Å². The number of benzene rings is 1. The van der Waals surface area contributed by atoms with Crippen molar-refractivity contribution in [3.63, 3.8) is 0 Å². The molecular formula is C7H8BCl2N.